The molecule has 3 aromatic carbocycles. The Morgan fingerprint density at radius 3 is 1.80 bits per heavy atom. The second-order valence-electron chi connectivity index (χ2n) is 4.89. The summed E-state index contributed by atoms with van der Waals surface area (Å²) in [5, 5.41) is 0. The van der Waals surface area contributed by atoms with Crippen LogP contribution in [0.1, 0.15) is 5.56 Å². The van der Waals surface area contributed by atoms with Crippen molar-refractivity contribution in [2.75, 3.05) is 0 Å². The first-order chi connectivity index (χ1) is 9.77. The molecule has 0 amide bonds. The summed E-state index contributed by atoms with van der Waals surface area (Å²) in [5.74, 6) is 0. The fraction of sp³-hybridized carbons (Fsp3) is 0.0526. The average Bonchev–Trinajstić information content (AvgIpc) is 2.51. The number of thiol groups is 1. The van der Waals surface area contributed by atoms with Gasteiger partial charge in [-0.3, -0.25) is 0 Å². The topological polar surface area (TPSA) is 0 Å². The molecule has 0 N–H and O–H groups in total. The zero-order valence-corrected chi connectivity index (χ0v) is 12.3. The molecule has 0 radical (unpaired) electrons. The normalized spacial score (nSPS) is 10.5. The van der Waals surface area contributed by atoms with E-state index in [9.17, 15) is 0 Å². The van der Waals surface area contributed by atoms with Gasteiger partial charge in [-0.05, 0) is 29.2 Å². The van der Waals surface area contributed by atoms with Gasteiger partial charge in [0, 0.05) is 10.5 Å². The molecule has 0 aliphatic rings. The number of benzene rings is 3. The minimum atomic E-state index is 1.05. The van der Waals surface area contributed by atoms with E-state index in [0.717, 1.165) is 4.90 Å². The molecule has 0 saturated heterocycles. The van der Waals surface area contributed by atoms with Crippen molar-refractivity contribution >= 4 is 12.6 Å². The lowest BCUT2D eigenvalue weighted by atomic mass is 9.93. The summed E-state index contributed by atoms with van der Waals surface area (Å²) in [6, 6.07) is 25.3. The summed E-state index contributed by atoms with van der Waals surface area (Å²) in [5.41, 5.74) is 6.07. The Kier molecular flexibility index (Phi) is 3.62. The van der Waals surface area contributed by atoms with E-state index >= 15 is 0 Å². The summed E-state index contributed by atoms with van der Waals surface area (Å²) >= 11 is 4.74. The van der Waals surface area contributed by atoms with Crippen LogP contribution in [0.25, 0.3) is 22.3 Å². The maximum atomic E-state index is 4.74. The second-order valence-corrected chi connectivity index (χ2v) is 5.33. The minimum absolute atomic E-state index is 1.05. The minimum Gasteiger partial charge on any atom is -0.142 e. The van der Waals surface area contributed by atoms with Crippen LogP contribution in [-0.4, -0.2) is 0 Å². The van der Waals surface area contributed by atoms with E-state index in [-0.39, 0.29) is 0 Å². The third-order valence-electron chi connectivity index (χ3n) is 3.53. The fourth-order valence-corrected chi connectivity index (χ4v) is 2.77. The van der Waals surface area contributed by atoms with Crippen LogP contribution < -0.4 is 0 Å². The number of rotatable bonds is 2. The molecule has 0 aliphatic carbocycles. The highest BCUT2D eigenvalue weighted by molar-refractivity contribution is 7.80. The molecule has 20 heavy (non-hydrogen) atoms. The van der Waals surface area contributed by atoms with Gasteiger partial charge in [0.15, 0.2) is 0 Å². The Hall–Kier alpha value is -1.99. The highest BCUT2D eigenvalue weighted by atomic mass is 32.1. The lowest BCUT2D eigenvalue weighted by Gasteiger charge is -2.15. The molecule has 0 heterocycles. The molecule has 0 fully saturated rings. The summed E-state index contributed by atoms with van der Waals surface area (Å²) in [6.45, 7) is 2.10. The van der Waals surface area contributed by atoms with Gasteiger partial charge >= 0.3 is 0 Å². The van der Waals surface area contributed by atoms with Gasteiger partial charge in [0.1, 0.15) is 0 Å². The summed E-state index contributed by atoms with van der Waals surface area (Å²) < 4.78 is 0. The van der Waals surface area contributed by atoms with Gasteiger partial charge in [-0.1, -0.05) is 72.8 Å². The molecular weight excluding hydrogens is 260 g/mol. The molecule has 0 aromatic heterocycles. The standard InChI is InChI=1S/C19H16S/c1-14-12-13-17(15-8-4-2-5-9-15)18(19(14)20)16-10-6-3-7-11-16/h2-13,20H,1H3. The third-order valence-corrected chi connectivity index (χ3v) is 4.10. The Morgan fingerprint density at radius 2 is 1.20 bits per heavy atom. The third kappa shape index (κ3) is 2.37. The van der Waals surface area contributed by atoms with Crippen molar-refractivity contribution in [3.8, 4) is 22.3 Å². The Bertz CT molecular complexity index is 716. The van der Waals surface area contributed by atoms with Gasteiger partial charge in [0.2, 0.25) is 0 Å². The maximum Gasteiger partial charge on any atom is 0.0154 e. The van der Waals surface area contributed by atoms with Gasteiger partial charge in [-0.2, -0.15) is 0 Å². The van der Waals surface area contributed by atoms with Crippen molar-refractivity contribution in [2.45, 2.75) is 11.8 Å². The quantitative estimate of drug-likeness (QED) is 0.577. The van der Waals surface area contributed by atoms with Crippen LogP contribution in [0.4, 0.5) is 0 Å². The van der Waals surface area contributed by atoms with E-state index in [1.807, 2.05) is 12.1 Å². The van der Waals surface area contributed by atoms with Crippen LogP contribution in [0, 0.1) is 6.92 Å². The van der Waals surface area contributed by atoms with Crippen LogP contribution in [0.15, 0.2) is 77.7 Å². The molecule has 0 saturated carbocycles. The largest absolute Gasteiger partial charge is 0.142 e. The molecule has 0 bridgehead atoms. The summed E-state index contributed by atoms with van der Waals surface area (Å²) in [6.07, 6.45) is 0. The van der Waals surface area contributed by atoms with Gasteiger partial charge in [-0.15, -0.1) is 12.6 Å². The molecule has 1 heteroatoms. The van der Waals surface area contributed by atoms with Crippen LogP contribution in [0.2, 0.25) is 0 Å². The average molecular weight is 276 g/mol. The van der Waals surface area contributed by atoms with Crippen molar-refractivity contribution in [3.63, 3.8) is 0 Å². The molecular formula is C19H16S. The zero-order valence-electron chi connectivity index (χ0n) is 11.4. The molecule has 0 nitrogen and oxygen atoms in total. The number of hydrogen-bond donors (Lipinski definition) is 1. The molecule has 0 aliphatic heterocycles. The summed E-state index contributed by atoms with van der Waals surface area (Å²) in [4.78, 5) is 1.05. The van der Waals surface area contributed by atoms with Crippen molar-refractivity contribution in [3.05, 3.63) is 78.4 Å². The predicted molar refractivity (Wildman–Crippen MR) is 89.3 cm³/mol. The van der Waals surface area contributed by atoms with Crippen molar-refractivity contribution in [1.82, 2.24) is 0 Å². The Morgan fingerprint density at radius 1 is 0.650 bits per heavy atom. The van der Waals surface area contributed by atoms with Gasteiger partial charge in [0.05, 0.1) is 0 Å². The van der Waals surface area contributed by atoms with Crippen molar-refractivity contribution < 1.29 is 0 Å². The molecule has 3 aromatic rings. The fourth-order valence-electron chi connectivity index (χ4n) is 2.45. The Labute approximate surface area is 125 Å². The van der Waals surface area contributed by atoms with E-state index in [2.05, 4.69) is 67.6 Å². The van der Waals surface area contributed by atoms with Gasteiger partial charge in [-0.25, -0.2) is 0 Å². The number of hydrogen-bond acceptors (Lipinski definition) is 1. The van der Waals surface area contributed by atoms with Crippen LogP contribution in [0.3, 0.4) is 0 Å². The van der Waals surface area contributed by atoms with Gasteiger partial charge < -0.3 is 0 Å². The molecule has 0 atom stereocenters. The maximum absolute atomic E-state index is 4.74. The smallest absolute Gasteiger partial charge is 0.0154 e. The lowest BCUT2D eigenvalue weighted by molar-refractivity contribution is 1.31. The summed E-state index contributed by atoms with van der Waals surface area (Å²) in [7, 11) is 0. The Balaban J connectivity index is 2.29. The first-order valence-electron chi connectivity index (χ1n) is 6.71. The monoisotopic (exact) mass is 276 g/mol. The van der Waals surface area contributed by atoms with E-state index in [4.69, 9.17) is 12.6 Å². The van der Waals surface area contributed by atoms with E-state index in [1.54, 1.807) is 0 Å². The molecule has 3 rings (SSSR count). The van der Waals surface area contributed by atoms with Gasteiger partial charge in [0.25, 0.3) is 0 Å². The first kappa shape index (κ1) is 13.0. The second kappa shape index (κ2) is 5.56. The van der Waals surface area contributed by atoms with E-state index in [1.165, 1.54) is 27.8 Å². The molecule has 0 unspecified atom stereocenters. The SMILES string of the molecule is Cc1ccc(-c2ccccc2)c(-c2ccccc2)c1S. The molecule has 0 spiro atoms. The zero-order chi connectivity index (χ0) is 13.9. The van der Waals surface area contributed by atoms with Crippen molar-refractivity contribution in [1.29, 1.82) is 0 Å². The molecule has 98 valence electrons. The highest BCUT2D eigenvalue weighted by Gasteiger charge is 2.12. The lowest BCUT2D eigenvalue weighted by Crippen LogP contribution is -1.89. The van der Waals surface area contributed by atoms with Crippen LogP contribution >= 0.6 is 12.6 Å². The van der Waals surface area contributed by atoms with Crippen LogP contribution in [-0.2, 0) is 0 Å². The number of aryl methyl sites for hydroxylation is 1. The van der Waals surface area contributed by atoms with E-state index in [0.29, 0.717) is 0 Å². The highest BCUT2D eigenvalue weighted by Crippen LogP contribution is 2.38. The van der Waals surface area contributed by atoms with Crippen molar-refractivity contribution in [2.24, 2.45) is 0 Å². The predicted octanol–water partition coefficient (Wildman–Crippen LogP) is 5.62. The first-order valence-corrected chi connectivity index (χ1v) is 7.15. The van der Waals surface area contributed by atoms with E-state index < -0.39 is 0 Å². The van der Waals surface area contributed by atoms with Crippen LogP contribution in [0.5, 0.6) is 0 Å².